The van der Waals surface area contributed by atoms with Crippen molar-refractivity contribution < 1.29 is 9.59 Å². The maximum atomic E-state index is 13.0. The van der Waals surface area contributed by atoms with Gasteiger partial charge in [0, 0.05) is 22.2 Å². The predicted octanol–water partition coefficient (Wildman–Crippen LogP) is 5.36. The largest absolute Gasteiger partial charge is 0.358 e. The minimum atomic E-state index is -0.444. The van der Waals surface area contributed by atoms with Crippen LogP contribution in [0.4, 0.5) is 0 Å². The van der Waals surface area contributed by atoms with E-state index in [0.29, 0.717) is 11.1 Å². The van der Waals surface area contributed by atoms with Crippen LogP contribution in [0.1, 0.15) is 59.0 Å². The van der Waals surface area contributed by atoms with E-state index in [9.17, 15) is 9.59 Å². The maximum absolute atomic E-state index is 13.0. The van der Waals surface area contributed by atoms with Gasteiger partial charge in [-0.25, -0.2) is 0 Å². The molecular formula is C22H23NO2. The third-order valence-electron chi connectivity index (χ3n) is 4.53. The molecule has 128 valence electrons. The topological polar surface area (TPSA) is 49.9 Å². The normalized spacial score (nSPS) is 10.9. The van der Waals surface area contributed by atoms with Gasteiger partial charge in [0.2, 0.25) is 11.6 Å². The van der Waals surface area contributed by atoms with Crippen LogP contribution in [0.3, 0.4) is 0 Å². The Bertz CT molecular complexity index is 877. The number of H-pyrrole nitrogens is 1. The fraction of sp³-hybridized carbons (Fsp3) is 0.273. The molecule has 0 aliphatic carbocycles. The zero-order valence-electron chi connectivity index (χ0n) is 14.5. The molecule has 0 unspecified atom stereocenters. The van der Waals surface area contributed by atoms with Gasteiger partial charge in [-0.1, -0.05) is 74.7 Å². The third kappa shape index (κ3) is 3.71. The first-order valence-corrected chi connectivity index (χ1v) is 8.96. The molecule has 0 spiro atoms. The van der Waals surface area contributed by atoms with Gasteiger partial charge in [-0.2, -0.15) is 0 Å². The van der Waals surface area contributed by atoms with Gasteiger partial charge in [-0.15, -0.1) is 0 Å². The summed E-state index contributed by atoms with van der Waals surface area (Å²) in [5.41, 5.74) is 2.78. The molecule has 1 N–H and O–H groups in total. The summed E-state index contributed by atoms with van der Waals surface area (Å²) >= 11 is 0. The molecular weight excluding hydrogens is 310 g/mol. The molecule has 3 rings (SSSR count). The molecule has 1 aromatic heterocycles. The first-order valence-electron chi connectivity index (χ1n) is 8.96. The van der Waals surface area contributed by atoms with Crippen LogP contribution in [0.2, 0.25) is 0 Å². The number of hydrogen-bond acceptors (Lipinski definition) is 2. The lowest BCUT2D eigenvalue weighted by molar-refractivity contribution is 0.0817. The second kappa shape index (κ2) is 7.93. The molecule has 3 aromatic rings. The van der Waals surface area contributed by atoms with E-state index in [1.54, 1.807) is 24.3 Å². The van der Waals surface area contributed by atoms with Gasteiger partial charge in [0.1, 0.15) is 0 Å². The van der Waals surface area contributed by atoms with Crippen molar-refractivity contribution in [3.63, 3.8) is 0 Å². The van der Waals surface area contributed by atoms with Crippen molar-refractivity contribution in [3.8, 4) is 0 Å². The molecule has 0 amide bonds. The summed E-state index contributed by atoms with van der Waals surface area (Å²) < 4.78 is 0. The minimum Gasteiger partial charge on any atom is -0.358 e. The number of aromatic amines is 1. The summed E-state index contributed by atoms with van der Waals surface area (Å²) in [5, 5.41) is 0.835. The molecule has 0 atom stereocenters. The highest BCUT2D eigenvalue weighted by Crippen LogP contribution is 2.25. The molecule has 0 saturated carbocycles. The number of aromatic nitrogens is 1. The predicted molar refractivity (Wildman–Crippen MR) is 101 cm³/mol. The first kappa shape index (κ1) is 17.2. The number of unbranched alkanes of at least 4 members (excludes halogenated alkanes) is 3. The van der Waals surface area contributed by atoms with Crippen LogP contribution in [0.5, 0.6) is 0 Å². The number of para-hydroxylation sites is 1. The van der Waals surface area contributed by atoms with Crippen molar-refractivity contribution in [2.45, 2.75) is 39.0 Å². The number of nitrogens with one attached hydrogen (secondary N) is 1. The fourth-order valence-corrected chi connectivity index (χ4v) is 3.21. The number of hydrogen-bond donors (Lipinski definition) is 1. The number of benzene rings is 2. The molecule has 1 heterocycles. The molecule has 0 fully saturated rings. The fourth-order valence-electron chi connectivity index (χ4n) is 3.21. The van der Waals surface area contributed by atoms with E-state index in [1.807, 2.05) is 30.3 Å². The Kier molecular flexibility index (Phi) is 5.44. The average molecular weight is 333 g/mol. The van der Waals surface area contributed by atoms with Crippen LogP contribution in [-0.4, -0.2) is 16.6 Å². The molecule has 3 nitrogen and oxygen atoms in total. The molecule has 0 aliphatic heterocycles. The Balaban J connectivity index is 1.95. The van der Waals surface area contributed by atoms with Gasteiger partial charge >= 0.3 is 0 Å². The molecule has 0 bridgehead atoms. The number of carbonyl (C=O) groups excluding carboxylic acids is 2. The Morgan fingerprint density at radius 1 is 0.840 bits per heavy atom. The monoisotopic (exact) mass is 333 g/mol. The first-order chi connectivity index (χ1) is 12.2. The number of carbonyl (C=O) groups is 2. The molecule has 2 aromatic carbocycles. The molecule has 0 aliphatic rings. The zero-order chi connectivity index (χ0) is 17.6. The summed E-state index contributed by atoms with van der Waals surface area (Å²) in [7, 11) is 0. The second-order valence-corrected chi connectivity index (χ2v) is 6.36. The minimum absolute atomic E-state index is 0.422. The lowest BCUT2D eigenvalue weighted by Crippen LogP contribution is -2.16. The van der Waals surface area contributed by atoms with E-state index in [-0.39, 0.29) is 0 Å². The van der Waals surface area contributed by atoms with Crippen LogP contribution < -0.4 is 0 Å². The van der Waals surface area contributed by atoms with E-state index >= 15 is 0 Å². The number of fused-ring (bicyclic) bond motifs is 1. The lowest BCUT2D eigenvalue weighted by atomic mass is 9.97. The standard InChI is InChI=1S/C22H23NO2/c1-2-3-4-8-15-19-20(17-13-9-10-14-18(17)23-19)22(25)21(24)16-11-6-5-7-12-16/h5-7,9-14,23H,2-4,8,15H2,1H3. The second-order valence-electron chi connectivity index (χ2n) is 6.36. The number of rotatable bonds is 8. The van der Waals surface area contributed by atoms with Crippen LogP contribution in [-0.2, 0) is 6.42 Å². The van der Waals surface area contributed by atoms with Crippen molar-refractivity contribution in [3.05, 3.63) is 71.4 Å². The SMILES string of the molecule is CCCCCCc1[nH]c2ccccc2c1C(=O)C(=O)c1ccccc1. The highest BCUT2D eigenvalue weighted by molar-refractivity contribution is 6.51. The summed E-state index contributed by atoms with van der Waals surface area (Å²) in [6, 6.07) is 16.5. The molecule has 3 heteroatoms. The van der Waals surface area contributed by atoms with Gasteiger partial charge in [-0.3, -0.25) is 9.59 Å². The maximum Gasteiger partial charge on any atom is 0.235 e. The molecule has 25 heavy (non-hydrogen) atoms. The van der Waals surface area contributed by atoms with Crippen LogP contribution in [0, 0.1) is 0 Å². The third-order valence-corrected chi connectivity index (χ3v) is 4.53. The van der Waals surface area contributed by atoms with E-state index in [1.165, 1.54) is 12.8 Å². The van der Waals surface area contributed by atoms with Crippen LogP contribution >= 0.6 is 0 Å². The van der Waals surface area contributed by atoms with Crippen molar-refractivity contribution in [2.75, 3.05) is 0 Å². The molecule has 0 radical (unpaired) electrons. The Labute approximate surface area is 148 Å². The van der Waals surface area contributed by atoms with Crippen LogP contribution in [0.25, 0.3) is 10.9 Å². The Morgan fingerprint density at radius 2 is 1.56 bits per heavy atom. The summed E-state index contributed by atoms with van der Waals surface area (Å²) in [4.78, 5) is 29.0. The highest BCUT2D eigenvalue weighted by Gasteiger charge is 2.24. The van der Waals surface area contributed by atoms with Crippen molar-refractivity contribution >= 4 is 22.5 Å². The number of Topliss-reactive ketones (excluding diaryl/α,β-unsaturated/α-hetero) is 2. The van der Waals surface area contributed by atoms with E-state index in [4.69, 9.17) is 0 Å². The van der Waals surface area contributed by atoms with Crippen molar-refractivity contribution in [1.29, 1.82) is 0 Å². The van der Waals surface area contributed by atoms with E-state index < -0.39 is 11.6 Å². The number of aryl methyl sites for hydroxylation is 1. The van der Waals surface area contributed by atoms with Gasteiger partial charge in [-0.05, 0) is 18.9 Å². The lowest BCUT2D eigenvalue weighted by Gasteiger charge is -2.04. The Hall–Kier alpha value is -2.68. The summed E-state index contributed by atoms with van der Waals surface area (Å²) in [6.07, 6.45) is 5.29. The zero-order valence-corrected chi connectivity index (χ0v) is 14.5. The van der Waals surface area contributed by atoms with Gasteiger partial charge in [0.05, 0.1) is 5.56 Å². The van der Waals surface area contributed by atoms with E-state index in [2.05, 4.69) is 11.9 Å². The van der Waals surface area contributed by atoms with Crippen molar-refractivity contribution in [2.24, 2.45) is 0 Å². The quantitative estimate of drug-likeness (QED) is 0.343. The molecule has 0 saturated heterocycles. The summed E-state index contributed by atoms with van der Waals surface area (Å²) in [6.45, 7) is 2.18. The Morgan fingerprint density at radius 3 is 2.32 bits per heavy atom. The van der Waals surface area contributed by atoms with Crippen LogP contribution in [0.15, 0.2) is 54.6 Å². The highest BCUT2D eigenvalue weighted by atomic mass is 16.2. The van der Waals surface area contributed by atoms with Crippen molar-refractivity contribution in [1.82, 2.24) is 4.98 Å². The van der Waals surface area contributed by atoms with E-state index in [0.717, 1.165) is 35.9 Å². The van der Waals surface area contributed by atoms with Gasteiger partial charge in [0.25, 0.3) is 0 Å². The van der Waals surface area contributed by atoms with Gasteiger partial charge in [0.15, 0.2) is 0 Å². The smallest absolute Gasteiger partial charge is 0.235 e. The van der Waals surface area contributed by atoms with Gasteiger partial charge < -0.3 is 4.98 Å². The summed E-state index contributed by atoms with van der Waals surface area (Å²) in [5.74, 6) is -0.866. The number of ketones is 2. The average Bonchev–Trinajstić information content (AvgIpc) is 3.03.